The van der Waals surface area contributed by atoms with E-state index in [0.29, 0.717) is 12.8 Å². The van der Waals surface area contributed by atoms with Crippen LogP contribution in [0.25, 0.3) is 0 Å². The molecule has 0 spiro atoms. The van der Waals surface area contributed by atoms with Crippen molar-refractivity contribution in [2.45, 2.75) is 32.7 Å². The Balaban J connectivity index is 2.38. The summed E-state index contributed by atoms with van der Waals surface area (Å²) in [6.07, 6.45) is 1.28. The normalized spacial score (nSPS) is 19.7. The predicted molar refractivity (Wildman–Crippen MR) is 55.1 cm³/mol. The molecule has 86 valence electrons. The molecule has 1 saturated carbocycles. The van der Waals surface area contributed by atoms with Crippen LogP contribution >= 0.6 is 0 Å². The summed E-state index contributed by atoms with van der Waals surface area (Å²) in [4.78, 5) is 22.3. The van der Waals surface area contributed by atoms with Gasteiger partial charge in [-0.1, -0.05) is 13.8 Å². The molecule has 1 atom stereocenters. The van der Waals surface area contributed by atoms with Gasteiger partial charge in [-0.05, 0) is 18.8 Å². The predicted octanol–water partition coefficient (Wildman–Crippen LogP) is -0.0493. The Morgan fingerprint density at radius 1 is 1.47 bits per heavy atom. The van der Waals surface area contributed by atoms with Crippen LogP contribution in [0.4, 0.5) is 0 Å². The van der Waals surface area contributed by atoms with E-state index in [4.69, 9.17) is 10.8 Å². The average Bonchev–Trinajstić information content (AvgIpc) is 2.93. The first-order valence-corrected chi connectivity index (χ1v) is 5.16. The lowest BCUT2D eigenvalue weighted by Crippen LogP contribution is -2.46. The number of carboxylic acid groups (broad SMARTS) is 1. The van der Waals surface area contributed by atoms with Crippen molar-refractivity contribution in [2.75, 3.05) is 6.54 Å². The SMILES string of the molecule is CC(C)C(N)C(=O)NCC1(C(=O)O)CC1. The van der Waals surface area contributed by atoms with E-state index >= 15 is 0 Å². The highest BCUT2D eigenvalue weighted by Crippen LogP contribution is 2.45. The summed E-state index contributed by atoms with van der Waals surface area (Å²) in [5.41, 5.74) is 4.91. The average molecular weight is 214 g/mol. The van der Waals surface area contributed by atoms with Crippen LogP contribution in [-0.4, -0.2) is 29.6 Å². The number of amides is 1. The molecule has 1 aliphatic rings. The van der Waals surface area contributed by atoms with Gasteiger partial charge in [0.15, 0.2) is 0 Å². The number of rotatable bonds is 5. The van der Waals surface area contributed by atoms with E-state index in [1.165, 1.54) is 0 Å². The molecule has 1 aliphatic carbocycles. The minimum Gasteiger partial charge on any atom is -0.481 e. The summed E-state index contributed by atoms with van der Waals surface area (Å²) in [6, 6.07) is -0.561. The molecule has 15 heavy (non-hydrogen) atoms. The van der Waals surface area contributed by atoms with Gasteiger partial charge in [0.1, 0.15) is 0 Å². The second-order valence-corrected chi connectivity index (χ2v) is 4.57. The Morgan fingerprint density at radius 2 is 2.00 bits per heavy atom. The van der Waals surface area contributed by atoms with Crippen LogP contribution in [0, 0.1) is 11.3 Å². The van der Waals surface area contributed by atoms with Gasteiger partial charge in [0.25, 0.3) is 0 Å². The topological polar surface area (TPSA) is 92.4 Å². The molecule has 0 aromatic heterocycles. The summed E-state index contributed by atoms with van der Waals surface area (Å²) >= 11 is 0. The molecule has 1 rings (SSSR count). The highest BCUT2D eigenvalue weighted by Gasteiger charge is 2.50. The first-order chi connectivity index (χ1) is 6.89. The summed E-state index contributed by atoms with van der Waals surface area (Å²) < 4.78 is 0. The maximum Gasteiger partial charge on any atom is 0.311 e. The van der Waals surface area contributed by atoms with Crippen molar-refractivity contribution in [2.24, 2.45) is 17.1 Å². The first kappa shape index (κ1) is 12.0. The fourth-order valence-corrected chi connectivity index (χ4v) is 1.29. The van der Waals surface area contributed by atoms with Crippen LogP contribution in [-0.2, 0) is 9.59 Å². The van der Waals surface area contributed by atoms with Crippen LogP contribution < -0.4 is 11.1 Å². The van der Waals surface area contributed by atoms with Gasteiger partial charge in [0, 0.05) is 6.54 Å². The summed E-state index contributed by atoms with van der Waals surface area (Å²) in [5.74, 6) is -1.04. The minimum absolute atomic E-state index is 0.0602. The summed E-state index contributed by atoms with van der Waals surface area (Å²) in [7, 11) is 0. The van der Waals surface area contributed by atoms with Crippen LogP contribution in [0.1, 0.15) is 26.7 Å². The molecule has 0 aromatic carbocycles. The van der Waals surface area contributed by atoms with Crippen LogP contribution in [0.3, 0.4) is 0 Å². The number of hydrogen-bond donors (Lipinski definition) is 3. The van der Waals surface area contributed by atoms with Gasteiger partial charge >= 0.3 is 5.97 Å². The number of carbonyl (C=O) groups excluding carboxylic acids is 1. The maximum absolute atomic E-state index is 11.5. The smallest absolute Gasteiger partial charge is 0.311 e. The maximum atomic E-state index is 11.5. The minimum atomic E-state index is -0.832. The van der Waals surface area contributed by atoms with Crippen LogP contribution in [0.5, 0.6) is 0 Å². The largest absolute Gasteiger partial charge is 0.481 e. The quantitative estimate of drug-likeness (QED) is 0.598. The lowest BCUT2D eigenvalue weighted by atomic mass is 10.0. The van der Waals surface area contributed by atoms with E-state index in [1.807, 2.05) is 13.8 Å². The zero-order valence-corrected chi connectivity index (χ0v) is 9.12. The van der Waals surface area contributed by atoms with Gasteiger partial charge in [-0.15, -0.1) is 0 Å². The highest BCUT2D eigenvalue weighted by molar-refractivity contribution is 5.83. The molecule has 1 amide bonds. The molecule has 5 heteroatoms. The number of aliphatic carboxylic acids is 1. The van der Waals surface area contributed by atoms with E-state index in [9.17, 15) is 9.59 Å². The number of hydrogen-bond acceptors (Lipinski definition) is 3. The highest BCUT2D eigenvalue weighted by atomic mass is 16.4. The van der Waals surface area contributed by atoms with E-state index in [0.717, 1.165) is 0 Å². The van der Waals surface area contributed by atoms with Gasteiger partial charge in [-0.25, -0.2) is 0 Å². The number of nitrogens with one attached hydrogen (secondary N) is 1. The van der Waals surface area contributed by atoms with Gasteiger partial charge in [0.2, 0.25) is 5.91 Å². The van der Waals surface area contributed by atoms with Gasteiger partial charge in [-0.2, -0.15) is 0 Å². The van der Waals surface area contributed by atoms with E-state index < -0.39 is 17.4 Å². The second kappa shape index (κ2) is 4.18. The molecule has 5 nitrogen and oxygen atoms in total. The Bertz CT molecular complexity index is 272. The third-order valence-electron chi connectivity index (χ3n) is 2.93. The molecular weight excluding hydrogens is 196 g/mol. The molecule has 1 fully saturated rings. The van der Waals surface area contributed by atoms with Crippen molar-refractivity contribution in [3.05, 3.63) is 0 Å². The van der Waals surface area contributed by atoms with Crippen LogP contribution in [0.15, 0.2) is 0 Å². The lowest BCUT2D eigenvalue weighted by Gasteiger charge is -2.17. The molecule has 1 unspecified atom stereocenters. The van der Waals surface area contributed by atoms with Gasteiger partial charge in [-0.3, -0.25) is 9.59 Å². The summed E-state index contributed by atoms with van der Waals surface area (Å²) in [5, 5.41) is 11.5. The lowest BCUT2D eigenvalue weighted by molar-refractivity contribution is -0.143. The van der Waals surface area contributed by atoms with Gasteiger partial charge < -0.3 is 16.2 Å². The fraction of sp³-hybridized carbons (Fsp3) is 0.800. The third kappa shape index (κ3) is 2.68. The Hall–Kier alpha value is -1.10. The van der Waals surface area contributed by atoms with Gasteiger partial charge in [0.05, 0.1) is 11.5 Å². The van der Waals surface area contributed by atoms with Crippen molar-refractivity contribution in [3.8, 4) is 0 Å². The molecule has 0 bridgehead atoms. The second-order valence-electron chi connectivity index (χ2n) is 4.57. The Labute approximate surface area is 89.0 Å². The number of nitrogens with two attached hydrogens (primary N) is 1. The van der Waals surface area contributed by atoms with Crippen molar-refractivity contribution >= 4 is 11.9 Å². The third-order valence-corrected chi connectivity index (χ3v) is 2.93. The van der Waals surface area contributed by atoms with Crippen molar-refractivity contribution in [1.29, 1.82) is 0 Å². The zero-order chi connectivity index (χ0) is 11.6. The molecule has 0 radical (unpaired) electrons. The Morgan fingerprint density at radius 3 is 2.33 bits per heavy atom. The van der Waals surface area contributed by atoms with E-state index in [2.05, 4.69) is 5.32 Å². The van der Waals surface area contributed by atoms with E-state index in [-0.39, 0.29) is 18.4 Å². The number of carbonyl (C=O) groups is 2. The zero-order valence-electron chi connectivity index (χ0n) is 9.12. The monoisotopic (exact) mass is 214 g/mol. The number of carboxylic acids is 1. The molecule has 4 N–H and O–H groups in total. The first-order valence-electron chi connectivity index (χ1n) is 5.16. The standard InChI is InChI=1S/C10H18N2O3/c1-6(2)7(11)8(13)12-5-10(3-4-10)9(14)15/h6-7H,3-5,11H2,1-2H3,(H,12,13)(H,14,15). The van der Waals surface area contributed by atoms with Crippen LogP contribution in [0.2, 0.25) is 0 Å². The fourth-order valence-electron chi connectivity index (χ4n) is 1.29. The molecular formula is C10H18N2O3. The molecule has 0 aromatic rings. The van der Waals surface area contributed by atoms with Crippen molar-refractivity contribution in [3.63, 3.8) is 0 Å². The van der Waals surface area contributed by atoms with E-state index in [1.54, 1.807) is 0 Å². The van der Waals surface area contributed by atoms with Crippen molar-refractivity contribution in [1.82, 2.24) is 5.32 Å². The molecule has 0 aliphatic heterocycles. The summed E-state index contributed by atoms with van der Waals surface area (Å²) in [6.45, 7) is 3.91. The molecule has 0 saturated heterocycles. The van der Waals surface area contributed by atoms with Crippen molar-refractivity contribution < 1.29 is 14.7 Å². The Kier molecular flexibility index (Phi) is 3.34. The molecule has 0 heterocycles.